The molecule has 0 spiro atoms. The van der Waals surface area contributed by atoms with Crippen molar-refractivity contribution < 1.29 is 4.74 Å². The average molecular weight is 241 g/mol. The Morgan fingerprint density at radius 1 is 1.24 bits per heavy atom. The van der Waals surface area contributed by atoms with Gasteiger partial charge in [0, 0.05) is 12.6 Å². The molecule has 0 bridgehead atoms. The maximum absolute atomic E-state index is 5.86. The second-order valence-corrected chi connectivity index (χ2v) is 5.79. The van der Waals surface area contributed by atoms with Crippen molar-refractivity contribution in [1.29, 1.82) is 0 Å². The summed E-state index contributed by atoms with van der Waals surface area (Å²) >= 11 is 0. The van der Waals surface area contributed by atoms with Crippen LogP contribution in [0.3, 0.4) is 0 Å². The van der Waals surface area contributed by atoms with Crippen molar-refractivity contribution in [3.05, 3.63) is 0 Å². The highest BCUT2D eigenvalue weighted by Gasteiger charge is 2.29. The van der Waals surface area contributed by atoms with Crippen molar-refractivity contribution in [2.45, 2.75) is 71.9 Å². The topological polar surface area (TPSA) is 21.3 Å². The number of hydrogen-bond donors (Lipinski definition) is 1. The van der Waals surface area contributed by atoms with E-state index in [0.29, 0.717) is 12.1 Å². The minimum atomic E-state index is 0.517. The van der Waals surface area contributed by atoms with Crippen molar-refractivity contribution in [3.8, 4) is 0 Å². The highest BCUT2D eigenvalue weighted by molar-refractivity contribution is 4.83. The van der Waals surface area contributed by atoms with Gasteiger partial charge >= 0.3 is 0 Å². The molecule has 0 aromatic rings. The standard InChI is InChI=1S/C15H31NO/c1-5-7-14-11-13(8-10-17-14)15(12(3)4)16-9-6-2/h12-16H,5-11H2,1-4H3. The zero-order valence-electron chi connectivity index (χ0n) is 12.2. The monoisotopic (exact) mass is 241 g/mol. The average Bonchev–Trinajstić information content (AvgIpc) is 2.30. The molecule has 3 atom stereocenters. The minimum absolute atomic E-state index is 0.517. The molecule has 1 fully saturated rings. The molecule has 0 aromatic heterocycles. The largest absolute Gasteiger partial charge is 0.378 e. The van der Waals surface area contributed by atoms with Crippen LogP contribution >= 0.6 is 0 Å². The van der Waals surface area contributed by atoms with Crippen LogP contribution in [-0.4, -0.2) is 25.3 Å². The van der Waals surface area contributed by atoms with Crippen LogP contribution in [0.25, 0.3) is 0 Å². The van der Waals surface area contributed by atoms with Crippen LogP contribution in [-0.2, 0) is 4.74 Å². The van der Waals surface area contributed by atoms with Gasteiger partial charge in [-0.15, -0.1) is 0 Å². The molecule has 1 aliphatic heterocycles. The predicted octanol–water partition coefficient (Wildman–Crippen LogP) is 3.61. The first-order valence-electron chi connectivity index (χ1n) is 7.54. The summed E-state index contributed by atoms with van der Waals surface area (Å²) in [7, 11) is 0. The van der Waals surface area contributed by atoms with Gasteiger partial charge in [0.1, 0.15) is 0 Å². The Morgan fingerprint density at radius 2 is 2.00 bits per heavy atom. The van der Waals surface area contributed by atoms with Crippen molar-refractivity contribution in [1.82, 2.24) is 5.32 Å². The van der Waals surface area contributed by atoms with E-state index in [9.17, 15) is 0 Å². The first-order chi connectivity index (χ1) is 8.19. The zero-order chi connectivity index (χ0) is 12.7. The third kappa shape index (κ3) is 4.97. The molecule has 3 unspecified atom stereocenters. The molecule has 1 N–H and O–H groups in total. The minimum Gasteiger partial charge on any atom is -0.378 e. The molecule has 1 aliphatic rings. The first-order valence-corrected chi connectivity index (χ1v) is 7.54. The Balaban J connectivity index is 2.48. The van der Waals surface area contributed by atoms with Gasteiger partial charge in [-0.1, -0.05) is 34.1 Å². The van der Waals surface area contributed by atoms with Crippen LogP contribution in [0.1, 0.15) is 59.8 Å². The van der Waals surface area contributed by atoms with Crippen LogP contribution in [0.4, 0.5) is 0 Å². The lowest BCUT2D eigenvalue weighted by Gasteiger charge is -2.37. The first kappa shape index (κ1) is 15.0. The van der Waals surface area contributed by atoms with Gasteiger partial charge in [-0.25, -0.2) is 0 Å². The maximum Gasteiger partial charge on any atom is 0.0578 e. The Bertz CT molecular complexity index is 191. The van der Waals surface area contributed by atoms with Crippen LogP contribution < -0.4 is 5.32 Å². The molecule has 0 radical (unpaired) electrons. The van der Waals surface area contributed by atoms with E-state index in [-0.39, 0.29) is 0 Å². The van der Waals surface area contributed by atoms with Gasteiger partial charge in [0.05, 0.1) is 6.10 Å². The van der Waals surface area contributed by atoms with Crippen LogP contribution in [0.15, 0.2) is 0 Å². The fourth-order valence-corrected chi connectivity index (χ4v) is 3.02. The number of rotatable bonds is 7. The van der Waals surface area contributed by atoms with Gasteiger partial charge in [-0.05, 0) is 44.1 Å². The van der Waals surface area contributed by atoms with Crippen molar-refractivity contribution >= 4 is 0 Å². The molecule has 102 valence electrons. The van der Waals surface area contributed by atoms with Gasteiger partial charge in [0.15, 0.2) is 0 Å². The smallest absolute Gasteiger partial charge is 0.0578 e. The molecule has 1 heterocycles. The Hall–Kier alpha value is -0.0800. The van der Waals surface area contributed by atoms with Crippen LogP contribution in [0.2, 0.25) is 0 Å². The third-order valence-electron chi connectivity index (χ3n) is 3.87. The zero-order valence-corrected chi connectivity index (χ0v) is 12.2. The summed E-state index contributed by atoms with van der Waals surface area (Å²) in [6, 6.07) is 0.679. The second-order valence-electron chi connectivity index (χ2n) is 5.79. The van der Waals surface area contributed by atoms with Crippen molar-refractivity contribution in [2.24, 2.45) is 11.8 Å². The van der Waals surface area contributed by atoms with E-state index < -0.39 is 0 Å². The normalized spacial score (nSPS) is 27.4. The lowest BCUT2D eigenvalue weighted by Crippen LogP contribution is -2.44. The number of hydrogen-bond acceptors (Lipinski definition) is 2. The van der Waals surface area contributed by atoms with Gasteiger partial charge < -0.3 is 10.1 Å². The van der Waals surface area contributed by atoms with Gasteiger partial charge in [0.2, 0.25) is 0 Å². The van der Waals surface area contributed by atoms with E-state index in [0.717, 1.165) is 25.0 Å². The molecular formula is C15H31NO. The summed E-state index contributed by atoms with van der Waals surface area (Å²) in [5, 5.41) is 3.75. The van der Waals surface area contributed by atoms with E-state index in [1.165, 1.54) is 32.1 Å². The van der Waals surface area contributed by atoms with E-state index >= 15 is 0 Å². The maximum atomic E-state index is 5.86. The van der Waals surface area contributed by atoms with E-state index in [4.69, 9.17) is 4.74 Å². The predicted molar refractivity (Wildman–Crippen MR) is 74.3 cm³/mol. The molecule has 17 heavy (non-hydrogen) atoms. The SMILES string of the molecule is CCCNC(C(C)C)C1CCOC(CCC)C1. The third-order valence-corrected chi connectivity index (χ3v) is 3.87. The molecule has 2 heteroatoms. The lowest BCUT2D eigenvalue weighted by molar-refractivity contribution is -0.0252. The second kappa shape index (κ2) is 8.10. The fraction of sp³-hybridized carbons (Fsp3) is 1.00. The van der Waals surface area contributed by atoms with Crippen molar-refractivity contribution in [2.75, 3.05) is 13.2 Å². The van der Waals surface area contributed by atoms with Crippen LogP contribution in [0, 0.1) is 11.8 Å². The summed E-state index contributed by atoms with van der Waals surface area (Å²) in [4.78, 5) is 0. The summed E-state index contributed by atoms with van der Waals surface area (Å²) < 4.78 is 5.86. The quantitative estimate of drug-likeness (QED) is 0.735. The highest BCUT2D eigenvalue weighted by Crippen LogP contribution is 2.28. The van der Waals surface area contributed by atoms with Crippen molar-refractivity contribution in [3.63, 3.8) is 0 Å². The van der Waals surface area contributed by atoms with Crippen LogP contribution in [0.5, 0.6) is 0 Å². The Kier molecular flexibility index (Phi) is 7.14. The molecule has 2 nitrogen and oxygen atoms in total. The summed E-state index contributed by atoms with van der Waals surface area (Å²) in [5.74, 6) is 1.54. The van der Waals surface area contributed by atoms with Gasteiger partial charge in [-0.3, -0.25) is 0 Å². The number of nitrogens with one attached hydrogen (secondary N) is 1. The molecule has 0 saturated carbocycles. The molecule has 0 aromatic carbocycles. The van der Waals surface area contributed by atoms with E-state index in [2.05, 4.69) is 33.0 Å². The fourth-order valence-electron chi connectivity index (χ4n) is 3.02. The highest BCUT2D eigenvalue weighted by atomic mass is 16.5. The Morgan fingerprint density at radius 3 is 2.59 bits per heavy atom. The van der Waals surface area contributed by atoms with Gasteiger partial charge in [0.25, 0.3) is 0 Å². The summed E-state index contributed by atoms with van der Waals surface area (Å²) in [6.45, 7) is 11.3. The number of ether oxygens (including phenoxy) is 1. The molecule has 1 saturated heterocycles. The van der Waals surface area contributed by atoms with Gasteiger partial charge in [-0.2, -0.15) is 0 Å². The molecular weight excluding hydrogens is 210 g/mol. The van der Waals surface area contributed by atoms with E-state index in [1.807, 2.05) is 0 Å². The lowest BCUT2D eigenvalue weighted by atomic mass is 9.82. The van der Waals surface area contributed by atoms with E-state index in [1.54, 1.807) is 0 Å². The molecule has 0 aliphatic carbocycles. The Labute approximate surface area is 108 Å². The summed E-state index contributed by atoms with van der Waals surface area (Å²) in [6.07, 6.45) is 6.71. The molecule has 1 rings (SSSR count). The summed E-state index contributed by atoms with van der Waals surface area (Å²) in [5.41, 5.74) is 0. The molecule has 0 amide bonds.